The van der Waals surface area contributed by atoms with Crippen LogP contribution in [-0.2, 0) is 0 Å². The van der Waals surface area contributed by atoms with Gasteiger partial charge in [-0.05, 0) is 38.7 Å². The predicted octanol–water partition coefficient (Wildman–Crippen LogP) is 4.63. The summed E-state index contributed by atoms with van der Waals surface area (Å²) in [6, 6.07) is 15.1. The molecular formula is C27H28N6O. The summed E-state index contributed by atoms with van der Waals surface area (Å²) in [5.74, 6) is 0.525. The van der Waals surface area contributed by atoms with Crippen molar-refractivity contribution < 1.29 is 4.79 Å². The second-order valence-electron chi connectivity index (χ2n) is 9.57. The predicted molar refractivity (Wildman–Crippen MR) is 133 cm³/mol. The Morgan fingerprint density at radius 1 is 1.03 bits per heavy atom. The van der Waals surface area contributed by atoms with Crippen molar-refractivity contribution >= 4 is 17.2 Å². The van der Waals surface area contributed by atoms with Gasteiger partial charge in [-0.3, -0.25) is 9.78 Å². The van der Waals surface area contributed by atoms with Crippen molar-refractivity contribution in [2.45, 2.75) is 57.0 Å². The molecule has 0 aliphatic carbocycles. The Hall–Kier alpha value is -3.58. The van der Waals surface area contributed by atoms with E-state index in [2.05, 4.69) is 15.4 Å². The third-order valence-electron chi connectivity index (χ3n) is 7.31. The van der Waals surface area contributed by atoms with Gasteiger partial charge in [-0.1, -0.05) is 42.8 Å². The lowest BCUT2D eigenvalue weighted by atomic mass is 9.77. The first-order chi connectivity index (χ1) is 16.6. The Bertz CT molecular complexity index is 1350. The second-order valence-corrected chi connectivity index (χ2v) is 9.57. The van der Waals surface area contributed by atoms with Gasteiger partial charge in [0, 0.05) is 40.9 Å². The number of nitrogen functional groups attached to an aromatic ring is 1. The molecule has 2 bridgehead atoms. The number of pyridine rings is 1. The van der Waals surface area contributed by atoms with Crippen molar-refractivity contribution in [1.82, 2.24) is 24.9 Å². The summed E-state index contributed by atoms with van der Waals surface area (Å²) in [5, 5.41) is 8.23. The zero-order valence-corrected chi connectivity index (χ0v) is 19.2. The summed E-state index contributed by atoms with van der Waals surface area (Å²) in [6.45, 7) is 1.57. The number of aromatic nitrogens is 4. The number of nitrogens with zero attached hydrogens (tertiary/aromatic N) is 4. The van der Waals surface area contributed by atoms with E-state index in [9.17, 15) is 4.79 Å². The smallest absolute Gasteiger partial charge is 0.165 e. The number of nitrogens with two attached hydrogens (primary N) is 1. The third-order valence-corrected chi connectivity index (χ3v) is 7.31. The third kappa shape index (κ3) is 3.56. The molecule has 4 aromatic rings. The van der Waals surface area contributed by atoms with Gasteiger partial charge < -0.3 is 11.1 Å². The monoisotopic (exact) mass is 452 g/mol. The topological polar surface area (TPSA) is 98.2 Å². The van der Waals surface area contributed by atoms with Gasteiger partial charge >= 0.3 is 0 Å². The number of anilines is 1. The van der Waals surface area contributed by atoms with Crippen LogP contribution in [0.3, 0.4) is 0 Å². The summed E-state index contributed by atoms with van der Waals surface area (Å²) >= 11 is 0. The van der Waals surface area contributed by atoms with Crippen LogP contribution in [0.5, 0.6) is 0 Å². The summed E-state index contributed by atoms with van der Waals surface area (Å²) in [6.07, 6.45) is 9.21. The lowest BCUT2D eigenvalue weighted by Gasteiger charge is -2.40. The van der Waals surface area contributed by atoms with Crippen LogP contribution in [0.4, 0.5) is 5.82 Å². The van der Waals surface area contributed by atoms with Gasteiger partial charge in [0.05, 0.1) is 23.1 Å². The number of Topliss-reactive ketones (excluding diaryl/α,β-unsaturated/α-hetero) is 1. The standard InChI is InChI=1S/C27H28N6O/c1-16(34)24-25(19-12-20-8-5-9-21(13-19)31-20)32-27-22(15-30-33(27)26(24)28)18-10-11-23(29-14-18)17-6-3-2-4-7-17/h2-4,6-7,10-11,14-15,19-21,31H,5,8-9,12-13,28H2,1H3. The minimum Gasteiger partial charge on any atom is -0.383 e. The fourth-order valence-electron chi connectivity index (χ4n) is 5.71. The molecule has 2 aliphatic rings. The van der Waals surface area contributed by atoms with Gasteiger partial charge in [0.2, 0.25) is 0 Å². The van der Waals surface area contributed by atoms with Crippen LogP contribution in [0, 0.1) is 0 Å². The van der Waals surface area contributed by atoms with Crippen LogP contribution in [0.15, 0.2) is 54.9 Å². The molecule has 0 spiro atoms. The highest BCUT2D eigenvalue weighted by Gasteiger charge is 2.35. The number of ketones is 1. The number of carbonyl (C=O) groups is 1. The van der Waals surface area contributed by atoms with E-state index >= 15 is 0 Å². The van der Waals surface area contributed by atoms with Gasteiger partial charge in [-0.25, -0.2) is 4.98 Å². The molecule has 7 heteroatoms. The van der Waals surface area contributed by atoms with Gasteiger partial charge in [-0.15, -0.1) is 0 Å². The Kier molecular flexibility index (Phi) is 5.14. The van der Waals surface area contributed by atoms with Gasteiger partial charge in [0.25, 0.3) is 0 Å². The number of piperidine rings is 2. The maximum atomic E-state index is 12.7. The van der Waals surface area contributed by atoms with Crippen LogP contribution in [-0.4, -0.2) is 37.4 Å². The van der Waals surface area contributed by atoms with E-state index < -0.39 is 0 Å². The van der Waals surface area contributed by atoms with E-state index in [1.165, 1.54) is 19.3 Å². The highest BCUT2D eigenvalue weighted by atomic mass is 16.1. The molecule has 2 aliphatic heterocycles. The largest absolute Gasteiger partial charge is 0.383 e. The zero-order chi connectivity index (χ0) is 23.2. The SMILES string of the molecule is CC(=O)c1c(C2CC3CCCC(C2)N3)nc2c(-c3ccc(-c4ccccc4)nc3)cnn2c1N. The Morgan fingerprint density at radius 3 is 2.47 bits per heavy atom. The normalized spacial score (nSPS) is 22.1. The van der Waals surface area contributed by atoms with Crippen LogP contribution >= 0.6 is 0 Å². The molecule has 0 saturated carbocycles. The summed E-state index contributed by atoms with van der Waals surface area (Å²) in [4.78, 5) is 22.4. The molecule has 0 amide bonds. The first-order valence-corrected chi connectivity index (χ1v) is 12.0. The van der Waals surface area contributed by atoms with Crippen LogP contribution in [0.1, 0.15) is 61.0 Å². The van der Waals surface area contributed by atoms with Crippen molar-refractivity contribution in [2.75, 3.05) is 5.73 Å². The average Bonchev–Trinajstić information content (AvgIpc) is 3.28. The quantitative estimate of drug-likeness (QED) is 0.438. The summed E-state index contributed by atoms with van der Waals surface area (Å²) < 4.78 is 1.60. The number of nitrogens with one attached hydrogen (secondary N) is 1. The van der Waals surface area contributed by atoms with E-state index in [1.54, 1.807) is 17.6 Å². The highest BCUT2D eigenvalue weighted by molar-refractivity contribution is 6.00. The van der Waals surface area contributed by atoms with Crippen molar-refractivity contribution in [1.29, 1.82) is 0 Å². The average molecular weight is 453 g/mol. The number of fused-ring (bicyclic) bond motifs is 3. The molecule has 6 rings (SSSR count). The van der Waals surface area contributed by atoms with E-state index in [-0.39, 0.29) is 11.7 Å². The fourth-order valence-corrected chi connectivity index (χ4v) is 5.71. The first-order valence-electron chi connectivity index (χ1n) is 12.0. The molecule has 2 fully saturated rings. The van der Waals surface area contributed by atoms with Crippen molar-refractivity contribution in [2.24, 2.45) is 0 Å². The Balaban J connectivity index is 1.44. The molecule has 3 N–H and O–H groups in total. The minimum absolute atomic E-state index is 0.0588. The molecule has 172 valence electrons. The van der Waals surface area contributed by atoms with Crippen molar-refractivity contribution in [3.05, 3.63) is 66.1 Å². The molecule has 7 nitrogen and oxygen atoms in total. The molecule has 5 heterocycles. The lowest BCUT2D eigenvalue weighted by Crippen LogP contribution is -2.48. The van der Waals surface area contributed by atoms with E-state index in [0.717, 1.165) is 40.9 Å². The first kappa shape index (κ1) is 21.0. The lowest BCUT2D eigenvalue weighted by molar-refractivity contribution is 0.101. The number of benzene rings is 1. The number of hydrogen-bond acceptors (Lipinski definition) is 6. The Morgan fingerprint density at radius 2 is 1.79 bits per heavy atom. The minimum atomic E-state index is -0.0588. The van der Waals surface area contributed by atoms with Gasteiger partial charge in [-0.2, -0.15) is 9.61 Å². The number of carbonyl (C=O) groups excluding carboxylic acids is 1. The molecule has 0 radical (unpaired) electrons. The number of hydrogen-bond donors (Lipinski definition) is 2. The summed E-state index contributed by atoms with van der Waals surface area (Å²) in [7, 11) is 0. The molecule has 2 saturated heterocycles. The molecule has 3 aromatic heterocycles. The van der Waals surface area contributed by atoms with Crippen LogP contribution in [0.2, 0.25) is 0 Å². The van der Waals surface area contributed by atoms with E-state index in [4.69, 9.17) is 10.7 Å². The van der Waals surface area contributed by atoms with Gasteiger partial charge in [0.1, 0.15) is 5.82 Å². The summed E-state index contributed by atoms with van der Waals surface area (Å²) in [5.41, 5.74) is 12.3. The van der Waals surface area contributed by atoms with Gasteiger partial charge in [0.15, 0.2) is 11.4 Å². The van der Waals surface area contributed by atoms with Crippen LogP contribution in [0.25, 0.3) is 28.0 Å². The Labute approximate surface area is 198 Å². The maximum absolute atomic E-state index is 12.7. The van der Waals surface area contributed by atoms with E-state index in [1.807, 2.05) is 48.7 Å². The molecule has 2 atom stereocenters. The van der Waals surface area contributed by atoms with Crippen molar-refractivity contribution in [3.63, 3.8) is 0 Å². The second kappa shape index (κ2) is 8.33. The van der Waals surface area contributed by atoms with E-state index in [0.29, 0.717) is 29.1 Å². The molecule has 1 aromatic carbocycles. The number of rotatable bonds is 4. The highest BCUT2D eigenvalue weighted by Crippen LogP contribution is 2.39. The van der Waals surface area contributed by atoms with Crippen LogP contribution < -0.4 is 11.1 Å². The molecule has 34 heavy (non-hydrogen) atoms. The van der Waals surface area contributed by atoms with Crippen molar-refractivity contribution in [3.8, 4) is 22.4 Å². The molecule has 2 unspecified atom stereocenters. The zero-order valence-electron chi connectivity index (χ0n) is 19.2. The fraction of sp³-hybridized carbons (Fsp3) is 0.333. The molecular weight excluding hydrogens is 424 g/mol. The maximum Gasteiger partial charge on any atom is 0.165 e.